The summed E-state index contributed by atoms with van der Waals surface area (Å²) in [5.74, 6) is 0.219. The zero-order valence-electron chi connectivity index (χ0n) is 22.5. The van der Waals surface area contributed by atoms with Gasteiger partial charge in [0.15, 0.2) is 11.6 Å². The highest BCUT2D eigenvalue weighted by molar-refractivity contribution is 7.11. The van der Waals surface area contributed by atoms with Gasteiger partial charge in [0.05, 0.1) is 19.0 Å². The van der Waals surface area contributed by atoms with Crippen LogP contribution in [0.4, 0.5) is 24.8 Å². The molecule has 0 aliphatic carbocycles. The summed E-state index contributed by atoms with van der Waals surface area (Å²) in [6.07, 6.45) is 0.919. The molecule has 5 rings (SSSR count). The Morgan fingerprint density at radius 2 is 1.93 bits per heavy atom. The van der Waals surface area contributed by atoms with E-state index in [2.05, 4.69) is 40.4 Å². The van der Waals surface area contributed by atoms with Gasteiger partial charge in [-0.1, -0.05) is 12.1 Å². The molecule has 1 fully saturated rings. The molecule has 15 heteroatoms. The number of hydrogen-bond donors (Lipinski definition) is 1. The van der Waals surface area contributed by atoms with Gasteiger partial charge in [0.25, 0.3) is 0 Å². The minimum atomic E-state index is -4.81. The molecule has 0 bridgehead atoms. The summed E-state index contributed by atoms with van der Waals surface area (Å²) in [4.78, 5) is 27.0. The Kier molecular flexibility index (Phi) is 8.75. The lowest BCUT2D eigenvalue weighted by molar-refractivity contribution is -0.274. The normalized spacial score (nSPS) is 15.4. The minimum Gasteiger partial charge on any atom is -0.406 e. The number of Topliss-reactive ketones (excluding diaryl/α,β-unsaturated/α-hetero) is 1. The van der Waals surface area contributed by atoms with Crippen LogP contribution in [0.2, 0.25) is 0 Å². The molecule has 11 nitrogen and oxygen atoms in total. The van der Waals surface area contributed by atoms with Crippen LogP contribution in [0.5, 0.6) is 5.75 Å². The second-order valence-corrected chi connectivity index (χ2v) is 11.0. The molecule has 1 amide bonds. The third-order valence-corrected chi connectivity index (χ3v) is 7.59. The SMILES string of the molecule is Cn1cc(CC(=O)Cc2nnc(C3CCCN(c4ccc(NC(=O)Cc5cccc(OC(F)(F)F)c5)nn4)C3)s2)cn1. The Morgan fingerprint density at radius 3 is 2.67 bits per heavy atom. The average molecular weight is 601 g/mol. The first kappa shape index (κ1) is 29.1. The number of piperidine rings is 1. The molecule has 1 N–H and O–H groups in total. The number of aromatic nitrogens is 6. The highest BCUT2D eigenvalue weighted by Gasteiger charge is 2.31. The molecule has 4 aromatic rings. The van der Waals surface area contributed by atoms with Gasteiger partial charge in [-0.2, -0.15) is 5.10 Å². The summed E-state index contributed by atoms with van der Waals surface area (Å²) in [7, 11) is 1.81. The molecule has 1 unspecified atom stereocenters. The van der Waals surface area contributed by atoms with Gasteiger partial charge in [-0.3, -0.25) is 14.3 Å². The van der Waals surface area contributed by atoms with Crippen molar-refractivity contribution in [2.75, 3.05) is 23.3 Å². The van der Waals surface area contributed by atoms with Gasteiger partial charge in [-0.15, -0.1) is 44.9 Å². The third kappa shape index (κ3) is 8.09. The first-order chi connectivity index (χ1) is 20.1. The number of halogens is 3. The Bertz CT molecular complexity index is 1540. The second kappa shape index (κ2) is 12.6. The number of rotatable bonds is 10. The molecule has 1 atom stereocenters. The van der Waals surface area contributed by atoms with Crippen LogP contribution in [-0.4, -0.2) is 61.3 Å². The highest BCUT2D eigenvalue weighted by Crippen LogP contribution is 2.31. The fourth-order valence-electron chi connectivity index (χ4n) is 4.70. The molecular weight excluding hydrogens is 573 g/mol. The van der Waals surface area contributed by atoms with E-state index in [1.807, 2.05) is 13.2 Å². The van der Waals surface area contributed by atoms with Crippen molar-refractivity contribution in [3.05, 3.63) is 69.9 Å². The van der Waals surface area contributed by atoms with E-state index in [1.165, 1.54) is 29.5 Å². The summed E-state index contributed by atoms with van der Waals surface area (Å²) in [6.45, 7) is 1.44. The standard InChI is InChI=1S/C27H27F3N8O3S/c1-37-15-18(14-31-37)10-20(39)13-25-35-36-26(42-25)19-5-3-9-38(16-19)23-8-7-22(33-34-23)32-24(40)12-17-4-2-6-21(11-17)41-27(28,29)30/h2,4,6-8,11,14-15,19H,3,5,9-10,12-13,16H2,1H3,(H,32,33,40). The maximum Gasteiger partial charge on any atom is 0.573 e. The highest BCUT2D eigenvalue weighted by atomic mass is 32.1. The number of nitrogens with one attached hydrogen (secondary N) is 1. The fraction of sp³-hybridized carbons (Fsp3) is 0.370. The van der Waals surface area contributed by atoms with Gasteiger partial charge in [-0.25, -0.2) is 0 Å². The lowest BCUT2D eigenvalue weighted by Crippen LogP contribution is -2.35. The van der Waals surface area contributed by atoms with E-state index in [-0.39, 0.29) is 30.4 Å². The number of ether oxygens (including phenoxy) is 1. The fourth-order valence-corrected chi connectivity index (χ4v) is 5.69. The molecule has 42 heavy (non-hydrogen) atoms. The molecule has 220 valence electrons. The van der Waals surface area contributed by atoms with E-state index < -0.39 is 18.0 Å². The lowest BCUT2D eigenvalue weighted by Gasteiger charge is -2.32. The van der Waals surface area contributed by atoms with Crippen LogP contribution in [0, 0.1) is 0 Å². The molecular formula is C27H27F3N8O3S. The van der Waals surface area contributed by atoms with Gasteiger partial charge >= 0.3 is 6.36 Å². The van der Waals surface area contributed by atoms with Gasteiger partial charge in [-0.05, 0) is 48.2 Å². The van der Waals surface area contributed by atoms with Crippen molar-refractivity contribution in [1.82, 2.24) is 30.2 Å². The van der Waals surface area contributed by atoms with Crippen molar-refractivity contribution < 1.29 is 27.5 Å². The number of carbonyl (C=O) groups is 2. The summed E-state index contributed by atoms with van der Waals surface area (Å²) in [6, 6.07) is 8.63. The van der Waals surface area contributed by atoms with Crippen LogP contribution in [0.3, 0.4) is 0 Å². The van der Waals surface area contributed by atoms with Gasteiger partial charge in [0, 0.05) is 38.7 Å². The maximum atomic E-state index is 12.5. The third-order valence-electron chi connectivity index (χ3n) is 6.50. The number of amides is 1. The number of nitrogens with zero attached hydrogens (tertiary/aromatic N) is 7. The van der Waals surface area contributed by atoms with Crippen molar-refractivity contribution in [2.24, 2.45) is 7.05 Å². The molecule has 1 saturated heterocycles. The Labute approximate surface area is 242 Å². The number of alkyl halides is 3. The van der Waals surface area contributed by atoms with E-state index >= 15 is 0 Å². The van der Waals surface area contributed by atoms with Crippen molar-refractivity contribution in [1.29, 1.82) is 0 Å². The molecule has 3 aromatic heterocycles. The van der Waals surface area contributed by atoms with Crippen LogP contribution in [0.25, 0.3) is 0 Å². The van der Waals surface area contributed by atoms with Gasteiger partial charge in [0.1, 0.15) is 21.5 Å². The molecule has 0 radical (unpaired) electrons. The topological polar surface area (TPSA) is 128 Å². The summed E-state index contributed by atoms with van der Waals surface area (Å²) in [5, 5.41) is 25.3. The molecule has 1 aromatic carbocycles. The van der Waals surface area contributed by atoms with Gasteiger partial charge < -0.3 is 15.0 Å². The van der Waals surface area contributed by atoms with E-state index in [1.54, 1.807) is 23.0 Å². The van der Waals surface area contributed by atoms with Crippen LogP contribution >= 0.6 is 11.3 Å². The van der Waals surface area contributed by atoms with E-state index in [9.17, 15) is 22.8 Å². The quantitative estimate of drug-likeness (QED) is 0.288. The largest absolute Gasteiger partial charge is 0.573 e. The Hall–Kier alpha value is -4.40. The van der Waals surface area contributed by atoms with Crippen LogP contribution in [0.15, 0.2) is 48.8 Å². The monoisotopic (exact) mass is 600 g/mol. The summed E-state index contributed by atoms with van der Waals surface area (Å²) in [5.41, 5.74) is 1.22. The number of ketones is 1. The summed E-state index contributed by atoms with van der Waals surface area (Å²) >= 11 is 1.46. The predicted octanol–water partition coefficient (Wildman–Crippen LogP) is 3.88. The smallest absolute Gasteiger partial charge is 0.406 e. The van der Waals surface area contributed by atoms with Crippen molar-refractivity contribution in [2.45, 2.75) is 44.4 Å². The maximum absolute atomic E-state index is 12.5. The number of hydrogen-bond acceptors (Lipinski definition) is 10. The average Bonchev–Trinajstić information content (AvgIpc) is 3.57. The zero-order chi connectivity index (χ0) is 29.7. The van der Waals surface area contributed by atoms with Crippen LogP contribution in [0.1, 0.15) is 39.9 Å². The van der Waals surface area contributed by atoms with Gasteiger partial charge in [0.2, 0.25) is 5.91 Å². The number of anilines is 2. The molecule has 0 saturated carbocycles. The predicted molar refractivity (Wildman–Crippen MR) is 147 cm³/mol. The molecule has 4 heterocycles. The van der Waals surface area contributed by atoms with Crippen LogP contribution < -0.4 is 15.0 Å². The Balaban J connectivity index is 1.13. The number of aryl methyl sites for hydroxylation is 1. The van der Waals surface area contributed by atoms with Crippen molar-refractivity contribution >= 4 is 34.7 Å². The molecule has 0 spiro atoms. The number of benzene rings is 1. The number of carbonyl (C=O) groups excluding carboxylic acids is 2. The van der Waals surface area contributed by atoms with Crippen molar-refractivity contribution in [3.8, 4) is 5.75 Å². The van der Waals surface area contributed by atoms with E-state index in [0.29, 0.717) is 29.4 Å². The Morgan fingerprint density at radius 1 is 1.07 bits per heavy atom. The second-order valence-electron chi connectivity index (χ2n) is 9.93. The zero-order valence-corrected chi connectivity index (χ0v) is 23.4. The summed E-state index contributed by atoms with van der Waals surface area (Å²) < 4.78 is 43.0. The van der Waals surface area contributed by atoms with E-state index in [0.717, 1.165) is 36.0 Å². The first-order valence-electron chi connectivity index (χ1n) is 13.1. The van der Waals surface area contributed by atoms with Crippen molar-refractivity contribution in [3.63, 3.8) is 0 Å². The first-order valence-corrected chi connectivity index (χ1v) is 14.0. The molecule has 1 aliphatic rings. The minimum absolute atomic E-state index is 0.0578. The van der Waals surface area contributed by atoms with Crippen LogP contribution in [-0.2, 0) is 35.9 Å². The molecule has 1 aliphatic heterocycles. The lowest BCUT2D eigenvalue weighted by atomic mass is 9.99. The van der Waals surface area contributed by atoms with E-state index in [4.69, 9.17) is 0 Å².